The number of fused-ring (bicyclic) bond motifs is 1. The number of anilines is 2. The molecule has 13 nitrogen and oxygen atoms in total. The number of nitrogens with one attached hydrogen (secondary N) is 2. The van der Waals surface area contributed by atoms with Gasteiger partial charge in [-0.25, -0.2) is 4.98 Å². The van der Waals surface area contributed by atoms with Crippen molar-refractivity contribution in [3.63, 3.8) is 0 Å². The van der Waals surface area contributed by atoms with Crippen molar-refractivity contribution >= 4 is 22.9 Å². The molecule has 0 bridgehead atoms. The Balaban J connectivity index is 1.19. The van der Waals surface area contributed by atoms with Crippen LogP contribution in [0.25, 0.3) is 11.2 Å². The van der Waals surface area contributed by atoms with E-state index in [0.717, 1.165) is 38.5 Å². The highest BCUT2D eigenvalue weighted by Gasteiger charge is 2.47. The molecule has 0 saturated carbocycles. The molecule has 0 aliphatic carbocycles. The first kappa shape index (κ1) is 31.2. The third kappa shape index (κ3) is 6.71. The number of rotatable bonds is 12. The average Bonchev–Trinajstić information content (AvgIpc) is 3.84. The molecule has 4 N–H and O–H groups in total. The topological polar surface area (TPSA) is 156 Å². The van der Waals surface area contributed by atoms with Crippen LogP contribution in [0.3, 0.4) is 0 Å². The number of aliphatic hydroxyl groups is 2. The SMILES string of the molecule is CCc1cc([C@@H]2O[C@@H](n3cnc4c(NCC(c5ccccc5)c5ccccc5)nc(NCCN5CCOCC5)nc43)[C@H](O)[C@@H]2O)on1. The number of benzene rings is 2. The third-order valence-electron chi connectivity index (χ3n) is 8.85. The van der Waals surface area contributed by atoms with Crippen molar-refractivity contribution in [2.75, 3.05) is 56.6 Å². The van der Waals surface area contributed by atoms with Crippen molar-refractivity contribution < 1.29 is 24.2 Å². The van der Waals surface area contributed by atoms with Gasteiger partial charge in [0.05, 0.1) is 25.2 Å². The van der Waals surface area contributed by atoms with E-state index in [9.17, 15) is 10.2 Å². The molecule has 5 heterocycles. The summed E-state index contributed by atoms with van der Waals surface area (Å²) >= 11 is 0. The van der Waals surface area contributed by atoms with Crippen molar-refractivity contribution in [3.05, 3.63) is 95.6 Å². The van der Waals surface area contributed by atoms with Gasteiger partial charge in [-0.1, -0.05) is 72.7 Å². The largest absolute Gasteiger partial charge is 0.387 e. The molecule has 2 aliphatic rings. The first-order valence-corrected chi connectivity index (χ1v) is 16.2. The first-order valence-electron chi connectivity index (χ1n) is 16.2. The highest BCUT2D eigenvalue weighted by Crippen LogP contribution is 2.40. The van der Waals surface area contributed by atoms with Crippen molar-refractivity contribution in [1.82, 2.24) is 29.6 Å². The van der Waals surface area contributed by atoms with Gasteiger partial charge in [-0.15, -0.1) is 0 Å². The molecule has 0 amide bonds. The molecule has 0 spiro atoms. The van der Waals surface area contributed by atoms with E-state index < -0.39 is 24.5 Å². The van der Waals surface area contributed by atoms with Crippen LogP contribution in [-0.4, -0.2) is 97.9 Å². The summed E-state index contributed by atoms with van der Waals surface area (Å²) in [5, 5.41) is 33.1. The zero-order valence-electron chi connectivity index (χ0n) is 26.3. The smallest absolute Gasteiger partial charge is 0.226 e. The van der Waals surface area contributed by atoms with Gasteiger partial charge in [0, 0.05) is 44.7 Å². The number of aryl methyl sites for hydroxylation is 1. The lowest BCUT2D eigenvalue weighted by Gasteiger charge is -2.26. The molecule has 3 aromatic heterocycles. The van der Waals surface area contributed by atoms with Gasteiger partial charge >= 0.3 is 0 Å². The second-order valence-corrected chi connectivity index (χ2v) is 11.9. The van der Waals surface area contributed by atoms with Crippen molar-refractivity contribution in [1.29, 1.82) is 0 Å². The molecule has 246 valence electrons. The van der Waals surface area contributed by atoms with Crippen molar-refractivity contribution in [2.24, 2.45) is 0 Å². The summed E-state index contributed by atoms with van der Waals surface area (Å²) in [6.45, 7) is 7.17. The maximum absolute atomic E-state index is 11.2. The van der Waals surface area contributed by atoms with Gasteiger partial charge in [0.2, 0.25) is 5.95 Å². The number of imidazole rings is 1. The quantitative estimate of drug-likeness (QED) is 0.158. The highest BCUT2D eigenvalue weighted by atomic mass is 16.6. The van der Waals surface area contributed by atoms with E-state index in [-0.39, 0.29) is 5.92 Å². The van der Waals surface area contributed by atoms with Crippen LogP contribution in [0.4, 0.5) is 11.8 Å². The number of nitrogens with zero attached hydrogens (tertiary/aromatic N) is 6. The molecule has 7 rings (SSSR count). The average molecular weight is 641 g/mol. The lowest BCUT2D eigenvalue weighted by atomic mass is 9.91. The van der Waals surface area contributed by atoms with E-state index in [2.05, 4.69) is 49.9 Å². The first-order chi connectivity index (χ1) is 23.1. The maximum Gasteiger partial charge on any atom is 0.226 e. The van der Waals surface area contributed by atoms with Crippen LogP contribution in [0.15, 0.2) is 77.6 Å². The fourth-order valence-electron chi connectivity index (χ4n) is 6.21. The van der Waals surface area contributed by atoms with E-state index >= 15 is 0 Å². The molecule has 2 fully saturated rings. The van der Waals surface area contributed by atoms with Crippen LogP contribution >= 0.6 is 0 Å². The Hall–Kier alpha value is -4.40. The molecule has 2 aliphatic heterocycles. The van der Waals surface area contributed by atoms with Crippen LogP contribution in [0.5, 0.6) is 0 Å². The molecule has 2 saturated heterocycles. The lowest BCUT2D eigenvalue weighted by molar-refractivity contribution is -0.0434. The fraction of sp³-hybridized carbons (Fsp3) is 0.412. The number of aliphatic hydroxyl groups excluding tert-OH is 2. The van der Waals surface area contributed by atoms with Gasteiger partial charge in [0.1, 0.15) is 18.3 Å². The zero-order chi connectivity index (χ0) is 32.2. The summed E-state index contributed by atoms with van der Waals surface area (Å²) in [7, 11) is 0. The predicted octanol–water partition coefficient (Wildman–Crippen LogP) is 3.36. The zero-order valence-corrected chi connectivity index (χ0v) is 26.3. The Kier molecular flexibility index (Phi) is 9.40. The summed E-state index contributed by atoms with van der Waals surface area (Å²) in [4.78, 5) is 16.7. The minimum Gasteiger partial charge on any atom is -0.387 e. The number of hydrogen-bond acceptors (Lipinski definition) is 12. The molecule has 13 heteroatoms. The molecule has 4 atom stereocenters. The lowest BCUT2D eigenvalue weighted by Crippen LogP contribution is -2.39. The summed E-state index contributed by atoms with van der Waals surface area (Å²) in [5.41, 5.74) is 4.06. The van der Waals surface area contributed by atoms with Gasteiger partial charge in [-0.2, -0.15) is 9.97 Å². The summed E-state index contributed by atoms with van der Waals surface area (Å²) in [5.74, 6) is 1.37. The van der Waals surface area contributed by atoms with Crippen molar-refractivity contribution in [2.45, 2.75) is 43.8 Å². The van der Waals surface area contributed by atoms with E-state index in [1.807, 2.05) is 43.3 Å². The monoisotopic (exact) mass is 640 g/mol. The predicted molar refractivity (Wildman–Crippen MR) is 175 cm³/mol. The standard InChI is InChI=1S/C34H40N8O5/c1-2-24-19-26(47-40-24)30-28(43)29(44)33(46-30)42-21-37-27-31(38-34(39-32(27)42)35-13-14-41-15-17-45-18-16-41)36-20-25(22-9-5-3-6-10-22)23-11-7-4-8-12-23/h3-12,19,21,25,28-30,33,43-44H,2,13-18,20H2,1H3,(H2,35,36,38,39)/t28-,29+,30-,33+/m0/s1. The van der Waals surface area contributed by atoms with Crippen LogP contribution in [0.2, 0.25) is 0 Å². The molecular weight excluding hydrogens is 600 g/mol. The summed E-state index contributed by atoms with van der Waals surface area (Å²) < 4.78 is 18.8. The Morgan fingerprint density at radius 1 is 0.936 bits per heavy atom. The normalized spacial score (nSPS) is 21.9. The van der Waals surface area contributed by atoms with Crippen LogP contribution in [-0.2, 0) is 15.9 Å². The van der Waals surface area contributed by atoms with Gasteiger partial charge < -0.3 is 34.8 Å². The minimum atomic E-state index is -1.27. The van der Waals surface area contributed by atoms with E-state index in [0.29, 0.717) is 48.2 Å². The molecule has 2 aromatic carbocycles. The summed E-state index contributed by atoms with van der Waals surface area (Å²) in [6.07, 6.45) is -2.14. The number of aromatic nitrogens is 5. The van der Waals surface area contributed by atoms with Gasteiger partial charge in [0.25, 0.3) is 0 Å². The van der Waals surface area contributed by atoms with Crippen LogP contribution in [0, 0.1) is 0 Å². The minimum absolute atomic E-state index is 0.0491. The van der Waals surface area contributed by atoms with E-state index in [4.69, 9.17) is 24.0 Å². The second kappa shape index (κ2) is 14.2. The summed E-state index contributed by atoms with van der Waals surface area (Å²) in [6, 6.07) is 22.5. The van der Waals surface area contributed by atoms with Gasteiger partial charge in [-0.3, -0.25) is 9.47 Å². The molecule has 5 aromatic rings. The third-order valence-corrected chi connectivity index (χ3v) is 8.85. The van der Waals surface area contributed by atoms with Gasteiger partial charge in [0.15, 0.2) is 29.0 Å². The maximum atomic E-state index is 11.2. The Bertz CT molecular complexity index is 1700. The molecular formula is C34H40N8O5. The number of hydrogen-bond donors (Lipinski definition) is 4. The Morgan fingerprint density at radius 3 is 2.34 bits per heavy atom. The second-order valence-electron chi connectivity index (χ2n) is 11.9. The number of morpholine rings is 1. The Morgan fingerprint density at radius 2 is 1.66 bits per heavy atom. The van der Waals surface area contributed by atoms with E-state index in [1.165, 1.54) is 11.1 Å². The highest BCUT2D eigenvalue weighted by molar-refractivity contribution is 5.84. The van der Waals surface area contributed by atoms with Crippen LogP contribution in [0.1, 0.15) is 47.8 Å². The molecule has 47 heavy (non-hydrogen) atoms. The van der Waals surface area contributed by atoms with E-state index in [1.54, 1.807) is 17.0 Å². The fourth-order valence-corrected chi connectivity index (χ4v) is 6.21. The van der Waals surface area contributed by atoms with Crippen molar-refractivity contribution in [3.8, 4) is 0 Å². The number of ether oxygens (including phenoxy) is 2. The van der Waals surface area contributed by atoms with Gasteiger partial charge in [-0.05, 0) is 17.5 Å². The van der Waals surface area contributed by atoms with Crippen LogP contribution < -0.4 is 10.6 Å². The molecule has 0 radical (unpaired) electrons. The molecule has 0 unspecified atom stereocenters. The Labute approximate surface area is 272 Å².